The maximum Gasteiger partial charge on any atom is 0.247 e. The number of benzene rings is 1. The Morgan fingerprint density at radius 2 is 1.73 bits per heavy atom. The van der Waals surface area contributed by atoms with Gasteiger partial charge in [0.1, 0.15) is 6.04 Å². The van der Waals surface area contributed by atoms with Crippen LogP contribution in [0.25, 0.3) is 0 Å². The van der Waals surface area contributed by atoms with Crippen LogP contribution in [0.4, 0.5) is 0 Å². The fraction of sp³-hybridized carbons (Fsp3) is 0.500. The Hall–Kier alpha value is -1.85. The van der Waals surface area contributed by atoms with Crippen molar-refractivity contribution >= 4 is 17.5 Å². The van der Waals surface area contributed by atoms with Gasteiger partial charge in [-0.15, -0.1) is 0 Å². The van der Waals surface area contributed by atoms with Crippen LogP contribution in [-0.4, -0.2) is 51.7 Å². The quantitative estimate of drug-likeness (QED) is 0.823. The molecule has 1 aromatic heterocycles. The number of nitrogens with zero attached hydrogens (tertiary/aromatic N) is 4. The summed E-state index contributed by atoms with van der Waals surface area (Å²) in [6.07, 6.45) is 0. The van der Waals surface area contributed by atoms with Gasteiger partial charge in [0, 0.05) is 32.7 Å². The lowest BCUT2D eigenvalue weighted by atomic mass is 10.1. The minimum Gasteiger partial charge on any atom is -0.338 e. The molecule has 1 atom stereocenters. The Morgan fingerprint density at radius 1 is 1.12 bits per heavy atom. The molecule has 0 N–H and O–H groups in total. The number of carbonyl (C=O) groups excluding carboxylic acids is 1. The molecule has 140 valence electrons. The molecule has 1 unspecified atom stereocenters. The Balaban J connectivity index is 1.57. The van der Waals surface area contributed by atoms with Crippen LogP contribution in [-0.2, 0) is 11.3 Å². The summed E-state index contributed by atoms with van der Waals surface area (Å²) < 4.78 is 1.75. The van der Waals surface area contributed by atoms with E-state index in [2.05, 4.69) is 41.2 Å². The predicted molar refractivity (Wildman–Crippen MR) is 104 cm³/mol. The second-order valence-electron chi connectivity index (χ2n) is 7.19. The van der Waals surface area contributed by atoms with E-state index in [1.807, 2.05) is 25.7 Å². The largest absolute Gasteiger partial charge is 0.338 e. The molecular formula is C20H27ClN4O. The van der Waals surface area contributed by atoms with Crippen LogP contribution in [0, 0.1) is 20.8 Å². The first-order chi connectivity index (χ1) is 12.4. The van der Waals surface area contributed by atoms with Gasteiger partial charge in [-0.25, -0.2) is 0 Å². The number of amides is 1. The number of hydrogen-bond acceptors (Lipinski definition) is 3. The summed E-state index contributed by atoms with van der Waals surface area (Å²) in [5.74, 6) is 0.113. The Kier molecular flexibility index (Phi) is 5.68. The van der Waals surface area contributed by atoms with Gasteiger partial charge in [0.25, 0.3) is 0 Å². The predicted octanol–water partition coefficient (Wildman–Crippen LogP) is 3.37. The molecule has 0 bridgehead atoms. The van der Waals surface area contributed by atoms with Gasteiger partial charge in [-0.1, -0.05) is 41.4 Å². The second kappa shape index (κ2) is 7.80. The molecule has 0 radical (unpaired) electrons. The van der Waals surface area contributed by atoms with Crippen molar-refractivity contribution in [1.29, 1.82) is 0 Å². The highest BCUT2D eigenvalue weighted by Crippen LogP contribution is 2.23. The van der Waals surface area contributed by atoms with Crippen LogP contribution in [0.3, 0.4) is 0 Å². The van der Waals surface area contributed by atoms with Crippen LogP contribution < -0.4 is 0 Å². The highest BCUT2D eigenvalue weighted by molar-refractivity contribution is 6.31. The topological polar surface area (TPSA) is 41.4 Å². The Labute approximate surface area is 160 Å². The number of aryl methyl sites for hydroxylation is 2. The first-order valence-corrected chi connectivity index (χ1v) is 9.52. The van der Waals surface area contributed by atoms with E-state index in [9.17, 15) is 4.79 Å². The van der Waals surface area contributed by atoms with E-state index in [1.165, 1.54) is 11.1 Å². The van der Waals surface area contributed by atoms with E-state index in [0.717, 1.165) is 44.1 Å². The van der Waals surface area contributed by atoms with Gasteiger partial charge in [0.15, 0.2) is 0 Å². The lowest BCUT2D eigenvalue weighted by Gasteiger charge is -2.36. The molecule has 0 spiro atoms. The SMILES string of the molecule is Cc1ccc(CN2CCN(C(=O)C(C)n3nc(C)c(Cl)c3C)CC2)cc1. The van der Waals surface area contributed by atoms with Gasteiger partial charge >= 0.3 is 0 Å². The molecule has 6 heteroatoms. The van der Waals surface area contributed by atoms with Gasteiger partial charge in [-0.2, -0.15) is 5.10 Å². The van der Waals surface area contributed by atoms with Crippen molar-refractivity contribution < 1.29 is 4.79 Å². The molecule has 1 fully saturated rings. The normalized spacial score (nSPS) is 16.7. The molecule has 5 nitrogen and oxygen atoms in total. The molecule has 2 aromatic rings. The maximum absolute atomic E-state index is 12.9. The third-order valence-corrected chi connectivity index (χ3v) is 5.72. The molecule has 1 aliphatic rings. The number of rotatable bonds is 4. The molecule has 3 rings (SSSR count). The van der Waals surface area contributed by atoms with E-state index in [-0.39, 0.29) is 11.9 Å². The summed E-state index contributed by atoms with van der Waals surface area (Å²) in [6, 6.07) is 8.33. The van der Waals surface area contributed by atoms with Gasteiger partial charge in [-0.3, -0.25) is 14.4 Å². The van der Waals surface area contributed by atoms with Crippen LogP contribution in [0.5, 0.6) is 0 Å². The van der Waals surface area contributed by atoms with Crippen molar-refractivity contribution in [2.24, 2.45) is 0 Å². The minimum atomic E-state index is -0.329. The third-order valence-electron chi connectivity index (χ3n) is 5.17. The molecule has 0 aliphatic carbocycles. The van der Waals surface area contributed by atoms with Crippen molar-refractivity contribution in [2.75, 3.05) is 26.2 Å². The zero-order chi connectivity index (χ0) is 18.8. The molecule has 1 aliphatic heterocycles. The van der Waals surface area contributed by atoms with Crippen molar-refractivity contribution in [3.05, 3.63) is 51.8 Å². The van der Waals surface area contributed by atoms with Crippen LogP contribution in [0.15, 0.2) is 24.3 Å². The monoisotopic (exact) mass is 374 g/mol. The first kappa shape index (κ1) is 18.9. The lowest BCUT2D eigenvalue weighted by molar-refractivity contribution is -0.136. The average molecular weight is 375 g/mol. The van der Waals surface area contributed by atoms with Crippen LogP contribution in [0.1, 0.15) is 35.5 Å². The smallest absolute Gasteiger partial charge is 0.247 e. The number of halogens is 1. The van der Waals surface area contributed by atoms with E-state index < -0.39 is 0 Å². The zero-order valence-electron chi connectivity index (χ0n) is 16.0. The molecule has 0 saturated carbocycles. The third kappa shape index (κ3) is 3.94. The highest BCUT2D eigenvalue weighted by atomic mass is 35.5. The standard InChI is InChI=1S/C20H27ClN4O/c1-14-5-7-18(8-6-14)13-23-9-11-24(12-10-23)20(26)17(4)25-16(3)19(21)15(2)22-25/h5-8,17H,9-13H2,1-4H3. The maximum atomic E-state index is 12.9. The minimum absolute atomic E-state index is 0.113. The van der Waals surface area contributed by atoms with Crippen molar-refractivity contribution in [2.45, 2.75) is 40.3 Å². The number of piperazine rings is 1. The number of aromatic nitrogens is 2. The fourth-order valence-corrected chi connectivity index (χ4v) is 3.59. The van der Waals surface area contributed by atoms with E-state index in [4.69, 9.17) is 11.6 Å². The second-order valence-corrected chi connectivity index (χ2v) is 7.57. The summed E-state index contributed by atoms with van der Waals surface area (Å²) in [5.41, 5.74) is 4.22. The summed E-state index contributed by atoms with van der Waals surface area (Å²) in [7, 11) is 0. The summed E-state index contributed by atoms with van der Waals surface area (Å²) >= 11 is 6.22. The molecule has 1 aromatic carbocycles. The van der Waals surface area contributed by atoms with Crippen LogP contribution in [0.2, 0.25) is 5.02 Å². The van der Waals surface area contributed by atoms with E-state index in [1.54, 1.807) is 4.68 Å². The van der Waals surface area contributed by atoms with Gasteiger partial charge in [-0.05, 0) is 33.3 Å². The van der Waals surface area contributed by atoms with Crippen LogP contribution >= 0.6 is 11.6 Å². The Bertz CT molecular complexity index is 776. The van der Waals surface area contributed by atoms with E-state index >= 15 is 0 Å². The highest BCUT2D eigenvalue weighted by Gasteiger charge is 2.27. The summed E-state index contributed by atoms with van der Waals surface area (Å²) in [4.78, 5) is 17.2. The average Bonchev–Trinajstić information content (AvgIpc) is 2.90. The molecule has 2 heterocycles. The van der Waals surface area contributed by atoms with Gasteiger partial charge in [0.05, 0.1) is 16.4 Å². The summed E-state index contributed by atoms with van der Waals surface area (Å²) in [5, 5.41) is 5.08. The first-order valence-electron chi connectivity index (χ1n) is 9.14. The molecule has 1 amide bonds. The molecule has 1 saturated heterocycles. The van der Waals surface area contributed by atoms with Crippen molar-refractivity contribution in [3.8, 4) is 0 Å². The van der Waals surface area contributed by atoms with Crippen molar-refractivity contribution in [1.82, 2.24) is 19.6 Å². The molecule has 26 heavy (non-hydrogen) atoms. The zero-order valence-corrected chi connectivity index (χ0v) is 16.8. The van der Waals surface area contributed by atoms with Crippen molar-refractivity contribution in [3.63, 3.8) is 0 Å². The summed E-state index contributed by atoms with van der Waals surface area (Å²) in [6.45, 7) is 12.0. The fourth-order valence-electron chi connectivity index (χ4n) is 3.47. The number of hydrogen-bond donors (Lipinski definition) is 0. The van der Waals surface area contributed by atoms with E-state index in [0.29, 0.717) is 5.02 Å². The van der Waals surface area contributed by atoms with Gasteiger partial charge in [0.2, 0.25) is 5.91 Å². The lowest BCUT2D eigenvalue weighted by Crippen LogP contribution is -2.50. The number of carbonyl (C=O) groups is 1. The van der Waals surface area contributed by atoms with Gasteiger partial charge < -0.3 is 4.90 Å². The molecular weight excluding hydrogens is 348 g/mol. The Morgan fingerprint density at radius 3 is 2.27 bits per heavy atom.